The standard InChI is InChI=1S/C9H16N4O3/c1-7(8-2-5-16-6-8)12-4-3-10-9(12)11-13(14)15/h7-8H,2-6H2,1H3,(H,10,11). The second-order valence-electron chi connectivity index (χ2n) is 4.15. The van der Waals surface area contributed by atoms with Crippen LogP contribution in [0.15, 0.2) is 5.10 Å². The molecule has 0 spiro atoms. The Hall–Kier alpha value is -1.37. The zero-order valence-corrected chi connectivity index (χ0v) is 9.26. The molecule has 0 saturated carbocycles. The fourth-order valence-corrected chi connectivity index (χ4v) is 2.25. The van der Waals surface area contributed by atoms with Crippen molar-refractivity contribution >= 4 is 5.96 Å². The van der Waals surface area contributed by atoms with Crippen LogP contribution in [-0.2, 0) is 4.74 Å². The Kier molecular flexibility index (Phi) is 3.23. The van der Waals surface area contributed by atoms with Gasteiger partial charge in [-0.25, -0.2) is 10.1 Å². The third-order valence-corrected chi connectivity index (χ3v) is 3.22. The topological polar surface area (TPSA) is 80.0 Å². The summed E-state index contributed by atoms with van der Waals surface area (Å²) in [6.07, 6.45) is 1.02. The highest BCUT2D eigenvalue weighted by Gasteiger charge is 2.32. The van der Waals surface area contributed by atoms with Gasteiger partial charge in [0, 0.05) is 31.7 Å². The molecule has 0 amide bonds. The second kappa shape index (κ2) is 4.65. The van der Waals surface area contributed by atoms with E-state index in [9.17, 15) is 10.1 Å². The highest BCUT2D eigenvalue weighted by atomic mass is 16.7. The van der Waals surface area contributed by atoms with Gasteiger partial charge in [-0.05, 0) is 13.3 Å². The average molecular weight is 228 g/mol. The maximum Gasteiger partial charge on any atom is 0.271 e. The van der Waals surface area contributed by atoms with Crippen molar-refractivity contribution in [2.24, 2.45) is 11.0 Å². The molecule has 2 fully saturated rings. The molecule has 2 unspecified atom stereocenters. The van der Waals surface area contributed by atoms with Crippen molar-refractivity contribution in [2.45, 2.75) is 19.4 Å². The SMILES string of the molecule is CC(C1CCOC1)N1CCNC1=N[N+](=O)[O-]. The predicted molar refractivity (Wildman–Crippen MR) is 57.5 cm³/mol. The van der Waals surface area contributed by atoms with Crippen LogP contribution in [0.25, 0.3) is 0 Å². The molecule has 0 radical (unpaired) electrons. The van der Waals surface area contributed by atoms with Crippen LogP contribution >= 0.6 is 0 Å². The lowest BCUT2D eigenvalue weighted by atomic mass is 10.00. The molecule has 2 rings (SSSR count). The predicted octanol–water partition coefficient (Wildman–Crippen LogP) is -0.136. The van der Waals surface area contributed by atoms with Gasteiger partial charge in [0.2, 0.25) is 0 Å². The summed E-state index contributed by atoms with van der Waals surface area (Å²) in [6, 6.07) is 0.233. The molecule has 16 heavy (non-hydrogen) atoms. The van der Waals surface area contributed by atoms with Crippen molar-refractivity contribution in [3.8, 4) is 0 Å². The summed E-state index contributed by atoms with van der Waals surface area (Å²) in [5.41, 5.74) is 0. The van der Waals surface area contributed by atoms with Gasteiger partial charge in [0.05, 0.1) is 6.61 Å². The fourth-order valence-electron chi connectivity index (χ4n) is 2.25. The van der Waals surface area contributed by atoms with E-state index in [1.165, 1.54) is 0 Å². The molecule has 2 aliphatic heterocycles. The molecule has 7 heteroatoms. The van der Waals surface area contributed by atoms with E-state index < -0.39 is 5.03 Å². The minimum Gasteiger partial charge on any atom is -0.381 e. The summed E-state index contributed by atoms with van der Waals surface area (Å²) < 4.78 is 5.33. The van der Waals surface area contributed by atoms with Gasteiger partial charge >= 0.3 is 0 Å². The molecular weight excluding hydrogens is 212 g/mol. The summed E-state index contributed by atoms with van der Waals surface area (Å²) in [6.45, 7) is 5.08. The largest absolute Gasteiger partial charge is 0.381 e. The van der Waals surface area contributed by atoms with E-state index in [-0.39, 0.29) is 6.04 Å². The van der Waals surface area contributed by atoms with E-state index in [0.29, 0.717) is 18.4 Å². The number of hydrogen-bond acceptors (Lipinski definition) is 3. The summed E-state index contributed by atoms with van der Waals surface area (Å²) in [5, 5.41) is 16.0. The van der Waals surface area contributed by atoms with Crippen LogP contribution in [-0.4, -0.2) is 48.2 Å². The lowest BCUT2D eigenvalue weighted by Gasteiger charge is -2.28. The van der Waals surface area contributed by atoms with Crippen LogP contribution in [0, 0.1) is 16.0 Å². The van der Waals surface area contributed by atoms with Crippen LogP contribution < -0.4 is 5.32 Å². The Morgan fingerprint density at radius 1 is 1.75 bits per heavy atom. The lowest BCUT2D eigenvalue weighted by molar-refractivity contribution is -0.485. The van der Waals surface area contributed by atoms with Gasteiger partial charge in [-0.3, -0.25) is 0 Å². The molecule has 0 aromatic rings. The monoisotopic (exact) mass is 228 g/mol. The van der Waals surface area contributed by atoms with Crippen LogP contribution in [0.2, 0.25) is 0 Å². The first-order valence-corrected chi connectivity index (χ1v) is 5.49. The van der Waals surface area contributed by atoms with E-state index >= 15 is 0 Å². The molecule has 2 atom stereocenters. The van der Waals surface area contributed by atoms with Crippen molar-refractivity contribution in [3.05, 3.63) is 10.1 Å². The van der Waals surface area contributed by atoms with E-state index in [1.807, 2.05) is 4.90 Å². The Morgan fingerprint density at radius 3 is 3.19 bits per heavy atom. The van der Waals surface area contributed by atoms with Gasteiger partial charge in [0.1, 0.15) is 5.10 Å². The molecule has 90 valence electrons. The molecule has 0 aromatic carbocycles. The first-order valence-electron chi connectivity index (χ1n) is 5.49. The molecular formula is C9H16N4O3. The summed E-state index contributed by atoms with van der Waals surface area (Å²) in [4.78, 5) is 12.3. The van der Waals surface area contributed by atoms with Gasteiger partial charge in [-0.15, -0.1) is 0 Å². The highest BCUT2D eigenvalue weighted by Crippen LogP contribution is 2.21. The van der Waals surface area contributed by atoms with Gasteiger partial charge in [0.15, 0.2) is 5.03 Å². The van der Waals surface area contributed by atoms with E-state index in [1.54, 1.807) is 0 Å². The molecule has 2 saturated heterocycles. The smallest absolute Gasteiger partial charge is 0.271 e. The van der Waals surface area contributed by atoms with Crippen molar-refractivity contribution in [1.82, 2.24) is 10.2 Å². The molecule has 7 nitrogen and oxygen atoms in total. The third kappa shape index (κ3) is 2.24. The number of nitrogens with one attached hydrogen (secondary N) is 1. The summed E-state index contributed by atoms with van der Waals surface area (Å²) in [5.74, 6) is 0.821. The zero-order chi connectivity index (χ0) is 11.5. The van der Waals surface area contributed by atoms with Gasteiger partial charge in [-0.2, -0.15) is 0 Å². The van der Waals surface area contributed by atoms with Gasteiger partial charge < -0.3 is 15.0 Å². The number of hydrazone groups is 1. The van der Waals surface area contributed by atoms with Crippen molar-refractivity contribution in [1.29, 1.82) is 0 Å². The number of hydrogen-bond donors (Lipinski definition) is 1. The first kappa shape index (κ1) is 11.1. The van der Waals surface area contributed by atoms with Crippen LogP contribution in [0.4, 0.5) is 0 Å². The van der Waals surface area contributed by atoms with Crippen molar-refractivity contribution in [3.63, 3.8) is 0 Å². The summed E-state index contributed by atoms with van der Waals surface area (Å²) >= 11 is 0. The number of nitrogens with zero attached hydrogens (tertiary/aromatic N) is 3. The molecule has 2 aliphatic rings. The Balaban J connectivity index is 2.04. The maximum atomic E-state index is 10.4. The number of ether oxygens (including phenoxy) is 1. The van der Waals surface area contributed by atoms with Crippen molar-refractivity contribution < 1.29 is 9.77 Å². The molecule has 1 N–H and O–H groups in total. The summed E-state index contributed by atoms with van der Waals surface area (Å²) in [7, 11) is 0. The average Bonchev–Trinajstić information content (AvgIpc) is 2.84. The van der Waals surface area contributed by atoms with Crippen LogP contribution in [0.3, 0.4) is 0 Å². The Morgan fingerprint density at radius 2 is 2.56 bits per heavy atom. The quantitative estimate of drug-likeness (QED) is 0.537. The minimum absolute atomic E-state index is 0.233. The number of rotatable bonds is 3. The van der Waals surface area contributed by atoms with Gasteiger partial charge in [-0.1, -0.05) is 0 Å². The molecule has 0 aliphatic carbocycles. The van der Waals surface area contributed by atoms with Crippen LogP contribution in [0.1, 0.15) is 13.3 Å². The molecule has 2 heterocycles. The normalized spacial score (nSPS) is 29.4. The Labute approximate surface area is 93.6 Å². The zero-order valence-electron chi connectivity index (χ0n) is 9.26. The van der Waals surface area contributed by atoms with E-state index in [4.69, 9.17) is 4.74 Å². The highest BCUT2D eigenvalue weighted by molar-refractivity contribution is 5.81. The molecule has 0 bridgehead atoms. The van der Waals surface area contributed by atoms with E-state index in [0.717, 1.165) is 26.2 Å². The van der Waals surface area contributed by atoms with Gasteiger partial charge in [0.25, 0.3) is 5.96 Å². The molecule has 0 aromatic heterocycles. The Bertz CT molecular complexity index is 301. The lowest BCUT2D eigenvalue weighted by Crippen LogP contribution is -2.42. The first-order chi connectivity index (χ1) is 7.68. The second-order valence-corrected chi connectivity index (χ2v) is 4.15. The van der Waals surface area contributed by atoms with Crippen molar-refractivity contribution in [2.75, 3.05) is 26.3 Å². The maximum absolute atomic E-state index is 10.4. The van der Waals surface area contributed by atoms with E-state index in [2.05, 4.69) is 17.3 Å². The van der Waals surface area contributed by atoms with Crippen LogP contribution in [0.5, 0.6) is 0 Å². The number of guanidine groups is 1. The minimum atomic E-state index is -0.654. The third-order valence-electron chi connectivity index (χ3n) is 3.22. The fraction of sp³-hybridized carbons (Fsp3) is 0.889. The number of nitro groups is 1.